The summed E-state index contributed by atoms with van der Waals surface area (Å²) in [6.07, 6.45) is 4.60. The molecule has 26 heavy (non-hydrogen) atoms. The quantitative estimate of drug-likeness (QED) is 0.759. The molecule has 0 aromatic heterocycles. The maximum Gasteiger partial charge on any atom is 0.246 e. The first-order chi connectivity index (χ1) is 12.5. The molecule has 6 nitrogen and oxygen atoms in total. The highest BCUT2D eigenvalue weighted by Gasteiger charge is 2.26. The van der Waals surface area contributed by atoms with E-state index in [-0.39, 0.29) is 36.2 Å². The van der Waals surface area contributed by atoms with Crippen LogP contribution in [0.3, 0.4) is 0 Å². The van der Waals surface area contributed by atoms with E-state index in [0.29, 0.717) is 25.9 Å². The van der Waals surface area contributed by atoms with Gasteiger partial charge in [-0.15, -0.1) is 0 Å². The molecule has 1 heterocycles. The second-order valence-corrected chi connectivity index (χ2v) is 6.78. The minimum atomic E-state index is -0.188. The third kappa shape index (κ3) is 6.35. The zero-order valence-electron chi connectivity index (χ0n) is 15.4. The van der Waals surface area contributed by atoms with E-state index in [1.165, 1.54) is 0 Å². The Kier molecular flexibility index (Phi) is 7.38. The van der Waals surface area contributed by atoms with Crippen molar-refractivity contribution in [2.24, 2.45) is 5.92 Å². The summed E-state index contributed by atoms with van der Waals surface area (Å²) < 4.78 is 0. The Labute approximate surface area is 154 Å². The van der Waals surface area contributed by atoms with Crippen LogP contribution < -0.4 is 10.6 Å². The smallest absolute Gasteiger partial charge is 0.246 e. The van der Waals surface area contributed by atoms with E-state index in [1.54, 1.807) is 17.1 Å². The molecule has 3 amide bonds. The second kappa shape index (κ2) is 9.75. The average Bonchev–Trinajstić information content (AvgIpc) is 2.64. The third-order valence-corrected chi connectivity index (χ3v) is 4.27. The summed E-state index contributed by atoms with van der Waals surface area (Å²) in [6.45, 7) is 4.84. The molecule has 2 N–H and O–H groups in total. The minimum Gasteiger partial charge on any atom is -0.352 e. The summed E-state index contributed by atoms with van der Waals surface area (Å²) in [5, 5.41) is 5.42. The molecule has 0 radical (unpaired) electrons. The summed E-state index contributed by atoms with van der Waals surface area (Å²) in [7, 11) is 0. The molecule has 0 spiro atoms. The number of rotatable bonds is 6. The standard InChI is InChI=1S/C20H27N3O3/c1-15(2)22-18(24)14-21-20(26)17-10-12-23(13-11-17)19(25)9-8-16-6-4-3-5-7-16/h3-9,15,17H,10-14H2,1-2H3,(H,21,26)(H,22,24)/b9-8+. The molecule has 1 aliphatic rings. The lowest BCUT2D eigenvalue weighted by Gasteiger charge is -2.30. The number of nitrogens with one attached hydrogen (secondary N) is 2. The number of hydrogen-bond acceptors (Lipinski definition) is 3. The normalized spacial score (nSPS) is 15.3. The van der Waals surface area contributed by atoms with E-state index in [9.17, 15) is 14.4 Å². The first kappa shape index (κ1) is 19.7. The van der Waals surface area contributed by atoms with E-state index in [1.807, 2.05) is 44.2 Å². The Morgan fingerprint density at radius 3 is 2.42 bits per heavy atom. The van der Waals surface area contributed by atoms with Gasteiger partial charge in [-0.05, 0) is 38.3 Å². The van der Waals surface area contributed by atoms with E-state index in [4.69, 9.17) is 0 Å². The van der Waals surface area contributed by atoms with Crippen LogP contribution >= 0.6 is 0 Å². The molecular weight excluding hydrogens is 330 g/mol. The van der Waals surface area contributed by atoms with Crippen LogP contribution in [-0.2, 0) is 14.4 Å². The van der Waals surface area contributed by atoms with Crippen LogP contribution in [0, 0.1) is 5.92 Å². The number of nitrogens with zero attached hydrogens (tertiary/aromatic N) is 1. The third-order valence-electron chi connectivity index (χ3n) is 4.27. The molecule has 1 saturated heterocycles. The van der Waals surface area contributed by atoms with Gasteiger partial charge in [0.25, 0.3) is 0 Å². The molecule has 1 aliphatic heterocycles. The van der Waals surface area contributed by atoms with Gasteiger partial charge in [0.2, 0.25) is 17.7 Å². The minimum absolute atomic E-state index is 0.00400. The molecule has 1 aromatic carbocycles. The van der Waals surface area contributed by atoms with Crippen molar-refractivity contribution in [3.05, 3.63) is 42.0 Å². The SMILES string of the molecule is CC(C)NC(=O)CNC(=O)C1CCN(C(=O)/C=C/c2ccccc2)CC1. The molecule has 0 aliphatic carbocycles. The van der Waals surface area contributed by atoms with E-state index in [0.717, 1.165) is 5.56 Å². The van der Waals surface area contributed by atoms with Gasteiger partial charge in [-0.25, -0.2) is 0 Å². The number of hydrogen-bond donors (Lipinski definition) is 2. The zero-order chi connectivity index (χ0) is 18.9. The molecule has 0 unspecified atom stereocenters. The van der Waals surface area contributed by atoms with Gasteiger partial charge in [0.05, 0.1) is 6.54 Å². The zero-order valence-corrected chi connectivity index (χ0v) is 15.4. The molecule has 0 atom stereocenters. The van der Waals surface area contributed by atoms with Crippen molar-refractivity contribution < 1.29 is 14.4 Å². The van der Waals surface area contributed by atoms with Crippen LogP contribution in [-0.4, -0.2) is 48.3 Å². The summed E-state index contributed by atoms with van der Waals surface area (Å²) in [5.74, 6) is -0.490. The lowest BCUT2D eigenvalue weighted by molar-refractivity contribution is -0.133. The Bertz CT molecular complexity index is 648. The maximum atomic E-state index is 12.3. The molecule has 0 bridgehead atoms. The van der Waals surface area contributed by atoms with Gasteiger partial charge in [-0.2, -0.15) is 0 Å². The van der Waals surface area contributed by atoms with Crippen LogP contribution in [0.4, 0.5) is 0 Å². The summed E-state index contributed by atoms with van der Waals surface area (Å²) >= 11 is 0. The van der Waals surface area contributed by atoms with Gasteiger partial charge in [0, 0.05) is 31.1 Å². The number of carbonyl (C=O) groups excluding carboxylic acids is 3. The van der Waals surface area contributed by atoms with Gasteiger partial charge in [0.15, 0.2) is 0 Å². The van der Waals surface area contributed by atoms with E-state index < -0.39 is 0 Å². The van der Waals surface area contributed by atoms with Crippen LogP contribution in [0.2, 0.25) is 0 Å². The Morgan fingerprint density at radius 1 is 1.15 bits per heavy atom. The van der Waals surface area contributed by atoms with Crippen LogP contribution in [0.5, 0.6) is 0 Å². The largest absolute Gasteiger partial charge is 0.352 e. The van der Waals surface area contributed by atoms with E-state index >= 15 is 0 Å². The monoisotopic (exact) mass is 357 g/mol. The number of amides is 3. The molecule has 1 aromatic rings. The Hall–Kier alpha value is -2.63. The lowest BCUT2D eigenvalue weighted by atomic mass is 9.96. The number of benzene rings is 1. The fourth-order valence-electron chi connectivity index (χ4n) is 2.88. The summed E-state index contributed by atoms with van der Waals surface area (Å²) in [4.78, 5) is 37.8. The second-order valence-electron chi connectivity index (χ2n) is 6.78. The fourth-order valence-corrected chi connectivity index (χ4v) is 2.88. The van der Waals surface area contributed by atoms with Crippen molar-refractivity contribution in [2.45, 2.75) is 32.7 Å². The summed E-state index contributed by atoms with van der Waals surface area (Å²) in [5.41, 5.74) is 0.981. The fraction of sp³-hybridized carbons (Fsp3) is 0.450. The Morgan fingerprint density at radius 2 is 1.81 bits per heavy atom. The number of piperidine rings is 1. The van der Waals surface area contributed by atoms with Gasteiger partial charge in [-0.3, -0.25) is 14.4 Å². The molecule has 2 rings (SSSR count). The van der Waals surface area contributed by atoms with Gasteiger partial charge < -0.3 is 15.5 Å². The molecular formula is C20H27N3O3. The van der Waals surface area contributed by atoms with Crippen LogP contribution in [0.25, 0.3) is 6.08 Å². The maximum absolute atomic E-state index is 12.3. The molecule has 140 valence electrons. The predicted molar refractivity (Wildman–Crippen MR) is 101 cm³/mol. The van der Waals surface area contributed by atoms with Crippen molar-refractivity contribution in [1.29, 1.82) is 0 Å². The average molecular weight is 357 g/mol. The van der Waals surface area contributed by atoms with Gasteiger partial charge in [-0.1, -0.05) is 30.3 Å². The predicted octanol–water partition coefficient (Wildman–Crippen LogP) is 1.58. The van der Waals surface area contributed by atoms with Crippen molar-refractivity contribution in [1.82, 2.24) is 15.5 Å². The molecule has 0 saturated carbocycles. The first-order valence-corrected chi connectivity index (χ1v) is 9.05. The number of likely N-dealkylation sites (tertiary alicyclic amines) is 1. The van der Waals surface area contributed by atoms with Crippen molar-refractivity contribution in [3.63, 3.8) is 0 Å². The molecule has 1 fully saturated rings. The Balaban J connectivity index is 1.74. The molecule has 6 heteroatoms. The van der Waals surface area contributed by atoms with Crippen LogP contribution in [0.15, 0.2) is 36.4 Å². The summed E-state index contributed by atoms with van der Waals surface area (Å²) in [6, 6.07) is 9.72. The highest BCUT2D eigenvalue weighted by atomic mass is 16.2. The van der Waals surface area contributed by atoms with Crippen LogP contribution in [0.1, 0.15) is 32.3 Å². The van der Waals surface area contributed by atoms with Gasteiger partial charge in [0.1, 0.15) is 0 Å². The lowest BCUT2D eigenvalue weighted by Crippen LogP contribution is -2.45. The topological polar surface area (TPSA) is 78.5 Å². The van der Waals surface area contributed by atoms with Crippen molar-refractivity contribution in [2.75, 3.05) is 19.6 Å². The van der Waals surface area contributed by atoms with Crippen molar-refractivity contribution in [3.8, 4) is 0 Å². The van der Waals surface area contributed by atoms with Gasteiger partial charge >= 0.3 is 0 Å². The van der Waals surface area contributed by atoms with E-state index in [2.05, 4.69) is 10.6 Å². The first-order valence-electron chi connectivity index (χ1n) is 9.05. The number of carbonyl (C=O) groups is 3. The van der Waals surface area contributed by atoms with Crippen molar-refractivity contribution >= 4 is 23.8 Å². The highest BCUT2D eigenvalue weighted by Crippen LogP contribution is 2.17. The highest BCUT2D eigenvalue weighted by molar-refractivity contribution is 5.92.